The number of aldehydes is 1. The summed E-state index contributed by atoms with van der Waals surface area (Å²) in [6, 6.07) is -0.838. The summed E-state index contributed by atoms with van der Waals surface area (Å²) in [4.78, 5) is 65.5. The molecule has 0 radical (unpaired) electrons. The molecule has 3 N–H and O–H groups in total. The lowest BCUT2D eigenvalue weighted by Gasteiger charge is -2.63. The molecule has 0 aromatic carbocycles. The molecular weight excluding hydrogens is 626 g/mol. The number of esters is 1. The molecule has 5 rings (SSSR count). The lowest BCUT2D eigenvalue weighted by Crippen LogP contribution is -2.69. The van der Waals surface area contributed by atoms with E-state index in [4.69, 9.17) is 19.9 Å². The molecule has 11 atom stereocenters. The van der Waals surface area contributed by atoms with Crippen LogP contribution in [-0.2, 0) is 38.2 Å². The first-order chi connectivity index (χ1) is 22.3. The topological polar surface area (TPSA) is 151 Å². The summed E-state index contributed by atoms with van der Waals surface area (Å²) in [5, 5.41) is 2.60. The molecule has 266 valence electrons. The van der Waals surface area contributed by atoms with E-state index in [1.54, 1.807) is 6.92 Å². The van der Waals surface area contributed by atoms with Crippen molar-refractivity contribution in [2.24, 2.45) is 40.2 Å². The molecule has 1 aliphatic heterocycles. The Balaban J connectivity index is 1.46. The highest BCUT2D eigenvalue weighted by Gasteiger charge is 2.80. The van der Waals surface area contributed by atoms with Gasteiger partial charge >= 0.3 is 5.97 Å². The fourth-order valence-electron chi connectivity index (χ4n) is 9.64. The van der Waals surface area contributed by atoms with E-state index in [9.17, 15) is 24.0 Å². The minimum Gasteiger partial charge on any atom is -0.456 e. The van der Waals surface area contributed by atoms with Crippen LogP contribution in [0.2, 0.25) is 0 Å². The van der Waals surface area contributed by atoms with Gasteiger partial charge in [-0.25, -0.2) is 13.6 Å². The number of Topliss-reactive ketones (excluding diaryl/α,β-unsaturated/α-hetero) is 1. The van der Waals surface area contributed by atoms with Crippen molar-refractivity contribution >= 4 is 29.7 Å². The standard InChI is InChI=1S/C36H50F2N2O8/c1-8-9-29-47-28-15-22-23-14-25(37)24-13-21(42)10-11-33(24,6)35(23,38)20(17-41)16-34(22,7)36(28,48-29)27(43)18-46-31(45)32(4,5)40-30(44)26(39)12-19(2)3/h10-11,13,17,19-20,22-23,25-26,28-29H,8-9,12,14-16,18,39H2,1-7H3,(H,40,44)/t20-,22?,23+,25+,26+,28-,29?,33+,34+,35-,36-/m1/s1. The van der Waals surface area contributed by atoms with Gasteiger partial charge in [0.15, 0.2) is 24.3 Å². The van der Waals surface area contributed by atoms with E-state index in [1.165, 1.54) is 32.9 Å². The molecule has 0 bridgehead atoms. The third-order valence-corrected chi connectivity index (χ3v) is 11.9. The summed E-state index contributed by atoms with van der Waals surface area (Å²) in [6.07, 6.45) is 2.37. The van der Waals surface area contributed by atoms with Gasteiger partial charge in [0.25, 0.3) is 0 Å². The molecule has 1 saturated heterocycles. The fourth-order valence-corrected chi connectivity index (χ4v) is 9.64. The molecule has 3 saturated carbocycles. The van der Waals surface area contributed by atoms with Gasteiger partial charge in [-0.05, 0) is 82.4 Å². The predicted octanol–water partition coefficient (Wildman–Crippen LogP) is 4.03. The van der Waals surface area contributed by atoms with Gasteiger partial charge in [0.2, 0.25) is 11.7 Å². The Hall–Kier alpha value is -2.83. The number of allylic oxidation sites excluding steroid dienone is 4. The Morgan fingerprint density at radius 2 is 1.90 bits per heavy atom. The number of ketones is 2. The Morgan fingerprint density at radius 3 is 2.52 bits per heavy atom. The smallest absolute Gasteiger partial charge is 0.331 e. The molecule has 1 heterocycles. The average molecular weight is 677 g/mol. The van der Waals surface area contributed by atoms with Crippen molar-refractivity contribution in [2.75, 3.05) is 6.61 Å². The molecule has 48 heavy (non-hydrogen) atoms. The number of nitrogens with one attached hydrogen (secondary N) is 1. The Kier molecular flexibility index (Phi) is 9.49. The summed E-state index contributed by atoms with van der Waals surface area (Å²) in [6.45, 7) is 11.3. The van der Waals surface area contributed by atoms with Crippen LogP contribution in [-0.4, -0.2) is 77.8 Å². The van der Waals surface area contributed by atoms with Gasteiger partial charge < -0.3 is 30.1 Å². The van der Waals surface area contributed by atoms with Crippen molar-refractivity contribution in [3.8, 4) is 0 Å². The highest BCUT2D eigenvalue weighted by Crippen LogP contribution is 2.73. The zero-order valence-electron chi connectivity index (χ0n) is 29.0. The van der Waals surface area contributed by atoms with E-state index in [2.05, 4.69) is 5.32 Å². The van der Waals surface area contributed by atoms with Gasteiger partial charge in [0, 0.05) is 16.7 Å². The molecule has 4 aliphatic carbocycles. The SMILES string of the molecule is CCCC1O[C@@H]2CC3[C@@H]4C[C@H](F)C5=CC(=O)C=C[C@]5(C)[C@@]4(F)[C@@H](C=O)C[C@]3(C)[C@]2(C(=O)COC(=O)C(C)(C)NC(=O)[C@@H](N)CC(C)C)O1. The monoisotopic (exact) mass is 676 g/mol. The first-order valence-corrected chi connectivity index (χ1v) is 17.2. The van der Waals surface area contributed by atoms with Crippen molar-refractivity contribution in [3.63, 3.8) is 0 Å². The van der Waals surface area contributed by atoms with Crippen molar-refractivity contribution in [1.29, 1.82) is 0 Å². The maximum Gasteiger partial charge on any atom is 0.331 e. The highest BCUT2D eigenvalue weighted by atomic mass is 19.1. The lowest BCUT2D eigenvalue weighted by molar-refractivity contribution is -0.217. The van der Waals surface area contributed by atoms with Crippen LogP contribution in [0.25, 0.3) is 0 Å². The number of amides is 1. The van der Waals surface area contributed by atoms with Gasteiger partial charge in [-0.1, -0.05) is 40.2 Å². The molecule has 0 aromatic rings. The van der Waals surface area contributed by atoms with Crippen LogP contribution in [0.4, 0.5) is 8.78 Å². The first-order valence-electron chi connectivity index (χ1n) is 17.2. The summed E-state index contributed by atoms with van der Waals surface area (Å²) >= 11 is 0. The van der Waals surface area contributed by atoms with Crippen LogP contribution in [0.1, 0.15) is 87.0 Å². The van der Waals surface area contributed by atoms with Crippen LogP contribution >= 0.6 is 0 Å². The minimum atomic E-state index is -2.25. The lowest BCUT2D eigenvalue weighted by atomic mass is 9.42. The fraction of sp³-hybridized carbons (Fsp3) is 0.750. The maximum atomic E-state index is 17.9. The van der Waals surface area contributed by atoms with Gasteiger partial charge in [-0.3, -0.25) is 14.4 Å². The van der Waals surface area contributed by atoms with E-state index in [0.717, 1.165) is 6.08 Å². The van der Waals surface area contributed by atoms with E-state index in [-0.39, 0.29) is 30.8 Å². The van der Waals surface area contributed by atoms with Gasteiger partial charge in [-0.15, -0.1) is 0 Å². The Morgan fingerprint density at radius 1 is 1.21 bits per heavy atom. The second-order valence-electron chi connectivity index (χ2n) is 15.9. The van der Waals surface area contributed by atoms with Crippen molar-refractivity contribution < 1.29 is 47.0 Å². The third kappa shape index (κ3) is 5.32. The van der Waals surface area contributed by atoms with Crippen LogP contribution in [0.3, 0.4) is 0 Å². The quantitative estimate of drug-likeness (QED) is 0.244. The normalized spacial score (nSPS) is 40.6. The number of fused-ring (bicyclic) bond motifs is 7. The van der Waals surface area contributed by atoms with Crippen LogP contribution in [0.15, 0.2) is 23.8 Å². The first kappa shape index (κ1) is 36.5. The van der Waals surface area contributed by atoms with E-state index >= 15 is 8.78 Å². The maximum absolute atomic E-state index is 17.9. The van der Waals surface area contributed by atoms with E-state index in [1.807, 2.05) is 20.8 Å². The Bertz CT molecular complexity index is 1430. The minimum absolute atomic E-state index is 0.0236. The number of halogens is 2. The molecule has 12 heteroatoms. The zero-order chi connectivity index (χ0) is 35.6. The van der Waals surface area contributed by atoms with Gasteiger partial charge in [0.1, 0.15) is 23.7 Å². The van der Waals surface area contributed by atoms with Crippen molar-refractivity contribution in [2.45, 2.75) is 128 Å². The number of carbonyl (C=O) groups excluding carboxylic acids is 5. The molecule has 2 unspecified atom stereocenters. The number of hydrogen-bond donors (Lipinski definition) is 2. The van der Waals surface area contributed by atoms with Gasteiger partial charge in [-0.2, -0.15) is 0 Å². The number of nitrogens with two attached hydrogens (primary N) is 1. The molecular formula is C36H50F2N2O8. The number of rotatable bonds is 11. The number of ether oxygens (including phenoxy) is 3. The molecule has 10 nitrogen and oxygen atoms in total. The van der Waals surface area contributed by atoms with Crippen molar-refractivity contribution in [1.82, 2.24) is 5.32 Å². The average Bonchev–Trinajstić information content (AvgIpc) is 3.49. The van der Waals surface area contributed by atoms with Crippen LogP contribution < -0.4 is 11.1 Å². The summed E-state index contributed by atoms with van der Waals surface area (Å²) in [5.41, 5.74) is -2.21. The largest absolute Gasteiger partial charge is 0.456 e. The van der Waals surface area contributed by atoms with Crippen molar-refractivity contribution in [3.05, 3.63) is 23.8 Å². The second kappa shape index (κ2) is 12.5. The predicted molar refractivity (Wildman–Crippen MR) is 171 cm³/mol. The van der Waals surface area contributed by atoms with E-state index in [0.29, 0.717) is 25.5 Å². The number of alkyl halides is 2. The highest BCUT2D eigenvalue weighted by molar-refractivity contribution is 6.01. The van der Waals surface area contributed by atoms with E-state index < -0.39 is 100 Å². The summed E-state index contributed by atoms with van der Waals surface area (Å²) in [5.74, 6) is -5.22. The summed E-state index contributed by atoms with van der Waals surface area (Å²) < 4.78 is 52.3. The van der Waals surface area contributed by atoms with Crippen LogP contribution in [0, 0.1) is 34.5 Å². The molecule has 1 amide bonds. The summed E-state index contributed by atoms with van der Waals surface area (Å²) in [7, 11) is 0. The Labute approximate surface area is 280 Å². The van der Waals surface area contributed by atoms with Crippen LogP contribution in [0.5, 0.6) is 0 Å². The molecule has 0 spiro atoms. The molecule has 0 aromatic heterocycles. The number of carbonyl (C=O) groups is 5. The molecule has 4 fully saturated rings. The number of hydrogen-bond acceptors (Lipinski definition) is 9. The third-order valence-electron chi connectivity index (χ3n) is 11.9. The molecule has 5 aliphatic rings. The second-order valence-corrected chi connectivity index (χ2v) is 15.9. The zero-order valence-corrected chi connectivity index (χ0v) is 29.0. The van der Waals surface area contributed by atoms with Gasteiger partial charge in [0.05, 0.1) is 18.1 Å².